The average molecular weight is 265 g/mol. The molecule has 0 aliphatic heterocycles. The number of hydrogen-bond donors (Lipinski definition) is 1. The number of benzene rings is 1. The second kappa shape index (κ2) is 6.74. The molecule has 2 nitrogen and oxygen atoms in total. The molecule has 0 aliphatic rings. The van der Waals surface area contributed by atoms with Crippen molar-refractivity contribution in [3.63, 3.8) is 0 Å². The Morgan fingerprint density at radius 3 is 2.39 bits per heavy atom. The minimum Gasteiger partial charge on any atom is -0.493 e. The lowest BCUT2D eigenvalue weighted by atomic mass is 9.88. The predicted octanol–water partition coefficient (Wildman–Crippen LogP) is 3.75. The van der Waals surface area contributed by atoms with Crippen LogP contribution in [0.2, 0.25) is 0 Å². The van der Waals surface area contributed by atoms with Crippen molar-refractivity contribution >= 4 is 17.2 Å². The number of para-hydroxylation sites is 1. The summed E-state index contributed by atoms with van der Waals surface area (Å²) in [5.41, 5.74) is 6.92. The van der Waals surface area contributed by atoms with Crippen LogP contribution in [-0.2, 0) is 0 Å². The van der Waals surface area contributed by atoms with Crippen LogP contribution in [0.3, 0.4) is 0 Å². The van der Waals surface area contributed by atoms with Crippen LogP contribution >= 0.6 is 12.2 Å². The van der Waals surface area contributed by atoms with Gasteiger partial charge in [0.15, 0.2) is 0 Å². The molecule has 18 heavy (non-hydrogen) atoms. The Morgan fingerprint density at radius 1 is 1.22 bits per heavy atom. The lowest BCUT2D eigenvalue weighted by molar-refractivity contribution is 0.266. The summed E-state index contributed by atoms with van der Waals surface area (Å²) >= 11 is 5.08. The highest BCUT2D eigenvalue weighted by molar-refractivity contribution is 7.80. The van der Waals surface area contributed by atoms with Crippen molar-refractivity contribution in [1.29, 1.82) is 0 Å². The van der Waals surface area contributed by atoms with Gasteiger partial charge in [0.2, 0.25) is 0 Å². The van der Waals surface area contributed by atoms with Gasteiger partial charge in [-0.05, 0) is 23.5 Å². The molecule has 1 aromatic rings. The zero-order valence-corrected chi connectivity index (χ0v) is 12.5. The Morgan fingerprint density at radius 2 is 1.83 bits per heavy atom. The molecule has 3 heteroatoms. The van der Waals surface area contributed by atoms with Gasteiger partial charge in [-0.2, -0.15) is 0 Å². The second-order valence-electron chi connectivity index (χ2n) is 5.22. The molecule has 0 saturated heterocycles. The third kappa shape index (κ3) is 3.98. The third-order valence-corrected chi connectivity index (χ3v) is 3.55. The molecular weight excluding hydrogens is 242 g/mol. The largest absolute Gasteiger partial charge is 0.493 e. The van der Waals surface area contributed by atoms with E-state index >= 15 is 0 Å². The first-order valence-corrected chi connectivity index (χ1v) is 6.85. The molecule has 0 aromatic heterocycles. The van der Waals surface area contributed by atoms with Gasteiger partial charge in [0.1, 0.15) is 5.75 Å². The smallest absolute Gasteiger partial charge is 0.122 e. The highest BCUT2D eigenvalue weighted by Crippen LogP contribution is 2.32. The highest BCUT2D eigenvalue weighted by atomic mass is 32.1. The van der Waals surface area contributed by atoms with Gasteiger partial charge in [-0.25, -0.2) is 0 Å². The first-order valence-electron chi connectivity index (χ1n) is 6.44. The predicted molar refractivity (Wildman–Crippen MR) is 81.1 cm³/mol. The summed E-state index contributed by atoms with van der Waals surface area (Å²) in [6, 6.07) is 8.13. The van der Waals surface area contributed by atoms with E-state index in [4.69, 9.17) is 22.7 Å². The van der Waals surface area contributed by atoms with Crippen LogP contribution < -0.4 is 10.5 Å². The number of rotatable bonds is 6. The van der Waals surface area contributed by atoms with Gasteiger partial charge in [0.05, 0.1) is 11.6 Å². The van der Waals surface area contributed by atoms with Crippen molar-refractivity contribution in [3.8, 4) is 5.75 Å². The Bertz CT molecular complexity index is 403. The maximum absolute atomic E-state index is 5.87. The van der Waals surface area contributed by atoms with E-state index in [1.165, 1.54) is 5.56 Å². The maximum atomic E-state index is 5.87. The summed E-state index contributed by atoms with van der Waals surface area (Å²) in [6.45, 7) is 9.21. The summed E-state index contributed by atoms with van der Waals surface area (Å²) in [5.74, 6) is 1.90. The van der Waals surface area contributed by atoms with Gasteiger partial charge >= 0.3 is 0 Å². The summed E-state index contributed by atoms with van der Waals surface area (Å²) in [6.07, 6.45) is 0. The standard InChI is InChI=1S/C15H23NOS/c1-10(2)9-17-14-8-6-5-7-13(14)11(3)12(4)15(16)18/h5-8,10-12H,9H2,1-4H3,(H2,16,18). The van der Waals surface area contributed by atoms with Crippen molar-refractivity contribution in [2.75, 3.05) is 6.61 Å². The normalized spacial score (nSPS) is 14.3. The lowest BCUT2D eigenvalue weighted by Gasteiger charge is -2.22. The minimum atomic E-state index is 0.170. The van der Waals surface area contributed by atoms with Crippen molar-refractivity contribution in [1.82, 2.24) is 0 Å². The van der Waals surface area contributed by atoms with Crippen LogP contribution in [0.5, 0.6) is 5.75 Å². The maximum Gasteiger partial charge on any atom is 0.122 e. The van der Waals surface area contributed by atoms with E-state index in [1.807, 2.05) is 18.2 Å². The minimum absolute atomic E-state index is 0.170. The summed E-state index contributed by atoms with van der Waals surface area (Å²) in [4.78, 5) is 0.557. The molecule has 0 radical (unpaired) electrons. The van der Waals surface area contributed by atoms with Gasteiger partial charge in [0.25, 0.3) is 0 Å². The van der Waals surface area contributed by atoms with E-state index in [2.05, 4.69) is 33.8 Å². The quantitative estimate of drug-likeness (QED) is 0.796. The number of thiocarbonyl (C=S) groups is 1. The summed E-state index contributed by atoms with van der Waals surface area (Å²) < 4.78 is 5.87. The van der Waals surface area contributed by atoms with Gasteiger partial charge < -0.3 is 10.5 Å². The monoisotopic (exact) mass is 265 g/mol. The molecule has 0 fully saturated rings. The van der Waals surface area contributed by atoms with E-state index in [9.17, 15) is 0 Å². The first-order chi connectivity index (χ1) is 8.43. The van der Waals surface area contributed by atoms with Crippen molar-refractivity contribution in [2.45, 2.75) is 33.6 Å². The van der Waals surface area contributed by atoms with E-state index in [1.54, 1.807) is 0 Å². The second-order valence-corrected chi connectivity index (χ2v) is 5.69. The van der Waals surface area contributed by atoms with Crippen LogP contribution in [-0.4, -0.2) is 11.6 Å². The van der Waals surface area contributed by atoms with E-state index < -0.39 is 0 Å². The molecule has 1 rings (SSSR count). The highest BCUT2D eigenvalue weighted by Gasteiger charge is 2.20. The topological polar surface area (TPSA) is 35.2 Å². The van der Waals surface area contributed by atoms with Gasteiger partial charge in [0, 0.05) is 5.92 Å². The molecule has 2 atom stereocenters. The van der Waals surface area contributed by atoms with Gasteiger partial charge in [-0.3, -0.25) is 0 Å². The molecule has 100 valence electrons. The molecule has 0 heterocycles. The van der Waals surface area contributed by atoms with E-state index in [0.717, 1.165) is 12.4 Å². The molecule has 0 amide bonds. The lowest BCUT2D eigenvalue weighted by Crippen LogP contribution is -2.23. The van der Waals surface area contributed by atoms with Crippen LogP contribution in [0.4, 0.5) is 0 Å². The Kier molecular flexibility index (Phi) is 5.60. The first kappa shape index (κ1) is 15.0. The fraction of sp³-hybridized carbons (Fsp3) is 0.533. The SMILES string of the molecule is CC(C)COc1ccccc1C(C)C(C)C(N)=S. The molecule has 0 saturated carbocycles. The third-order valence-electron chi connectivity index (χ3n) is 3.18. The van der Waals surface area contributed by atoms with Crippen LogP contribution in [0, 0.1) is 11.8 Å². The van der Waals surface area contributed by atoms with Crippen molar-refractivity contribution < 1.29 is 4.74 Å². The summed E-state index contributed by atoms with van der Waals surface area (Å²) in [7, 11) is 0. The molecule has 1 aromatic carbocycles. The van der Waals surface area contributed by atoms with Crippen LogP contribution in [0.1, 0.15) is 39.2 Å². The Hall–Kier alpha value is -1.09. The molecule has 0 bridgehead atoms. The average Bonchev–Trinajstić information content (AvgIpc) is 2.34. The zero-order chi connectivity index (χ0) is 13.7. The van der Waals surface area contributed by atoms with Crippen LogP contribution in [0.25, 0.3) is 0 Å². The molecular formula is C15H23NOS. The summed E-state index contributed by atoms with van der Waals surface area (Å²) in [5, 5.41) is 0. The molecule has 2 unspecified atom stereocenters. The van der Waals surface area contributed by atoms with Gasteiger partial charge in [-0.1, -0.05) is 58.1 Å². The molecule has 0 spiro atoms. The van der Waals surface area contributed by atoms with Crippen molar-refractivity contribution in [2.24, 2.45) is 17.6 Å². The Balaban J connectivity index is 2.90. The van der Waals surface area contributed by atoms with Crippen LogP contribution in [0.15, 0.2) is 24.3 Å². The van der Waals surface area contributed by atoms with E-state index in [0.29, 0.717) is 10.9 Å². The number of ether oxygens (including phenoxy) is 1. The fourth-order valence-corrected chi connectivity index (χ4v) is 1.96. The molecule has 0 aliphatic carbocycles. The van der Waals surface area contributed by atoms with Gasteiger partial charge in [-0.15, -0.1) is 0 Å². The number of nitrogens with two attached hydrogens (primary N) is 1. The fourth-order valence-electron chi connectivity index (χ4n) is 1.76. The van der Waals surface area contributed by atoms with E-state index in [-0.39, 0.29) is 11.8 Å². The van der Waals surface area contributed by atoms with Crippen molar-refractivity contribution in [3.05, 3.63) is 29.8 Å². The molecule has 2 N–H and O–H groups in total. The Labute approximate surface area is 116 Å². The zero-order valence-electron chi connectivity index (χ0n) is 11.6. The number of hydrogen-bond acceptors (Lipinski definition) is 2.